The fraction of sp³-hybridized carbons (Fsp3) is 0.0526. The second-order valence-corrected chi connectivity index (χ2v) is 6.01. The van der Waals surface area contributed by atoms with E-state index in [2.05, 4.69) is 15.3 Å². The zero-order valence-corrected chi connectivity index (χ0v) is 13.8. The van der Waals surface area contributed by atoms with Crippen molar-refractivity contribution in [3.05, 3.63) is 66.3 Å². The Morgan fingerprint density at radius 1 is 0.875 bits per heavy atom. The Labute approximate surface area is 143 Å². The molecular formula is C19H14N2O2S. The molecule has 118 valence electrons. The van der Waals surface area contributed by atoms with Crippen molar-refractivity contribution in [2.45, 2.75) is 0 Å². The lowest BCUT2D eigenvalue weighted by atomic mass is 10.1. The lowest BCUT2D eigenvalue weighted by molar-refractivity contribution is 0.415. The van der Waals surface area contributed by atoms with E-state index in [1.54, 1.807) is 18.4 Å². The summed E-state index contributed by atoms with van der Waals surface area (Å²) in [6.07, 6.45) is 1.54. The number of aromatic nitrogens is 2. The largest absolute Gasteiger partial charge is 0.497 e. The third-order valence-corrected chi connectivity index (χ3v) is 4.58. The highest BCUT2D eigenvalue weighted by atomic mass is 32.1. The summed E-state index contributed by atoms with van der Waals surface area (Å²) in [6, 6.07) is 17.6. The van der Waals surface area contributed by atoms with Crippen molar-refractivity contribution in [2.75, 3.05) is 7.11 Å². The maximum Gasteiger partial charge on any atom is 0.231 e. The molecular weight excluding hydrogens is 320 g/mol. The molecule has 0 aliphatic carbocycles. The highest BCUT2D eigenvalue weighted by molar-refractivity contribution is 7.17. The second kappa shape index (κ2) is 6.29. The summed E-state index contributed by atoms with van der Waals surface area (Å²) in [5.41, 5.74) is 2.14. The van der Waals surface area contributed by atoms with Gasteiger partial charge in [-0.25, -0.2) is 9.97 Å². The zero-order valence-electron chi connectivity index (χ0n) is 13.0. The third-order valence-electron chi connectivity index (χ3n) is 3.69. The number of methoxy groups -OCH3 is 1. The van der Waals surface area contributed by atoms with Crippen molar-refractivity contribution in [3.63, 3.8) is 0 Å². The predicted molar refractivity (Wildman–Crippen MR) is 95.9 cm³/mol. The van der Waals surface area contributed by atoms with Crippen molar-refractivity contribution in [3.8, 4) is 28.5 Å². The number of benzene rings is 2. The summed E-state index contributed by atoms with van der Waals surface area (Å²) < 4.78 is 11.2. The first kappa shape index (κ1) is 14.7. The van der Waals surface area contributed by atoms with Crippen LogP contribution in [0.25, 0.3) is 21.3 Å². The second-order valence-electron chi connectivity index (χ2n) is 5.15. The highest BCUT2D eigenvalue weighted by Gasteiger charge is 2.14. The van der Waals surface area contributed by atoms with Crippen LogP contribution in [-0.2, 0) is 0 Å². The van der Waals surface area contributed by atoms with E-state index in [-0.39, 0.29) is 0 Å². The van der Waals surface area contributed by atoms with E-state index < -0.39 is 0 Å². The van der Waals surface area contributed by atoms with Gasteiger partial charge in [0.25, 0.3) is 0 Å². The zero-order chi connectivity index (χ0) is 16.4. The van der Waals surface area contributed by atoms with Crippen molar-refractivity contribution >= 4 is 21.6 Å². The van der Waals surface area contributed by atoms with Gasteiger partial charge in [-0.2, -0.15) is 0 Å². The van der Waals surface area contributed by atoms with Crippen LogP contribution in [0, 0.1) is 0 Å². The Kier molecular flexibility index (Phi) is 3.84. The molecule has 4 rings (SSSR count). The van der Waals surface area contributed by atoms with Gasteiger partial charge >= 0.3 is 0 Å². The summed E-state index contributed by atoms with van der Waals surface area (Å²) in [7, 11) is 1.66. The van der Waals surface area contributed by atoms with Gasteiger partial charge in [-0.1, -0.05) is 30.3 Å². The number of thiophene rings is 1. The summed E-state index contributed by atoms with van der Waals surface area (Å²) in [5, 5.41) is 3.01. The molecule has 0 radical (unpaired) electrons. The number of para-hydroxylation sites is 1. The minimum atomic E-state index is 0.568. The topological polar surface area (TPSA) is 44.2 Å². The van der Waals surface area contributed by atoms with Crippen molar-refractivity contribution in [1.82, 2.24) is 9.97 Å². The summed E-state index contributed by atoms with van der Waals surface area (Å²) in [6.45, 7) is 0. The average molecular weight is 334 g/mol. The molecule has 0 aliphatic heterocycles. The van der Waals surface area contributed by atoms with Gasteiger partial charge in [-0.15, -0.1) is 11.3 Å². The van der Waals surface area contributed by atoms with Crippen LogP contribution in [0.1, 0.15) is 0 Å². The molecule has 4 nitrogen and oxygen atoms in total. The van der Waals surface area contributed by atoms with Crippen LogP contribution < -0.4 is 9.47 Å². The fourth-order valence-electron chi connectivity index (χ4n) is 2.51. The van der Waals surface area contributed by atoms with E-state index in [9.17, 15) is 0 Å². The Balaban J connectivity index is 1.82. The molecule has 0 saturated carbocycles. The van der Waals surface area contributed by atoms with Crippen molar-refractivity contribution in [1.29, 1.82) is 0 Å². The predicted octanol–water partition coefficient (Wildman–Crippen LogP) is 5.16. The van der Waals surface area contributed by atoms with Crippen LogP contribution in [-0.4, -0.2) is 17.1 Å². The number of ether oxygens (including phenoxy) is 2. The number of hydrogen-bond acceptors (Lipinski definition) is 5. The van der Waals surface area contributed by atoms with Gasteiger partial charge < -0.3 is 9.47 Å². The number of nitrogens with zero attached hydrogens (tertiary/aromatic N) is 2. The normalized spacial score (nSPS) is 10.7. The molecule has 2 aromatic heterocycles. The lowest BCUT2D eigenvalue weighted by Crippen LogP contribution is -1.90. The first-order valence-corrected chi connectivity index (χ1v) is 8.32. The SMILES string of the molecule is COc1ccc(-c2csc3ncnc(Oc4ccccc4)c23)cc1. The maximum atomic E-state index is 5.99. The van der Waals surface area contributed by atoms with Crippen LogP contribution in [0.5, 0.6) is 17.4 Å². The molecule has 0 atom stereocenters. The molecule has 2 aromatic carbocycles. The summed E-state index contributed by atoms with van der Waals surface area (Å²) in [5.74, 6) is 2.15. The van der Waals surface area contributed by atoms with Gasteiger partial charge in [0.1, 0.15) is 22.7 Å². The number of fused-ring (bicyclic) bond motifs is 1. The van der Waals surface area contributed by atoms with Crippen LogP contribution in [0.15, 0.2) is 66.3 Å². The molecule has 5 heteroatoms. The molecule has 4 aromatic rings. The summed E-state index contributed by atoms with van der Waals surface area (Å²) >= 11 is 1.58. The molecule has 0 aliphatic rings. The number of rotatable bonds is 4. The quantitative estimate of drug-likeness (QED) is 0.517. The molecule has 0 saturated heterocycles. The first-order chi connectivity index (χ1) is 11.8. The molecule has 2 heterocycles. The minimum Gasteiger partial charge on any atom is -0.497 e. The molecule has 0 fully saturated rings. The van der Waals surface area contributed by atoms with E-state index in [1.807, 2.05) is 54.6 Å². The standard InChI is InChI=1S/C19H14N2O2S/c1-22-14-9-7-13(8-10-14)16-11-24-19-17(16)18(20-12-21-19)23-15-5-3-2-4-6-15/h2-12H,1H3. The first-order valence-electron chi connectivity index (χ1n) is 7.44. The van der Waals surface area contributed by atoms with E-state index >= 15 is 0 Å². The third kappa shape index (κ3) is 2.70. The number of hydrogen-bond donors (Lipinski definition) is 0. The molecule has 0 bridgehead atoms. The average Bonchev–Trinajstić information content (AvgIpc) is 3.08. The maximum absolute atomic E-state index is 5.99. The molecule has 0 unspecified atom stereocenters. The van der Waals surface area contributed by atoms with Gasteiger partial charge in [-0.05, 0) is 29.8 Å². The summed E-state index contributed by atoms with van der Waals surface area (Å²) in [4.78, 5) is 9.61. The molecule has 24 heavy (non-hydrogen) atoms. The van der Waals surface area contributed by atoms with Crippen LogP contribution in [0.2, 0.25) is 0 Å². The lowest BCUT2D eigenvalue weighted by Gasteiger charge is -2.07. The van der Waals surface area contributed by atoms with E-state index in [1.165, 1.54) is 6.33 Å². The van der Waals surface area contributed by atoms with E-state index in [0.717, 1.165) is 32.8 Å². The Morgan fingerprint density at radius 3 is 2.42 bits per heavy atom. The molecule has 0 N–H and O–H groups in total. The minimum absolute atomic E-state index is 0.568. The smallest absolute Gasteiger partial charge is 0.231 e. The van der Waals surface area contributed by atoms with Gasteiger partial charge in [-0.3, -0.25) is 0 Å². The molecule has 0 amide bonds. The van der Waals surface area contributed by atoms with E-state index in [4.69, 9.17) is 9.47 Å². The van der Waals surface area contributed by atoms with E-state index in [0.29, 0.717) is 5.88 Å². The van der Waals surface area contributed by atoms with Gasteiger partial charge in [0.2, 0.25) is 5.88 Å². The van der Waals surface area contributed by atoms with Gasteiger partial charge in [0.15, 0.2) is 0 Å². The Bertz CT molecular complexity index is 966. The van der Waals surface area contributed by atoms with Crippen molar-refractivity contribution < 1.29 is 9.47 Å². The van der Waals surface area contributed by atoms with Gasteiger partial charge in [0, 0.05) is 10.9 Å². The van der Waals surface area contributed by atoms with Crippen LogP contribution >= 0.6 is 11.3 Å². The Hall–Kier alpha value is -2.92. The fourth-order valence-corrected chi connectivity index (χ4v) is 3.41. The van der Waals surface area contributed by atoms with Crippen LogP contribution in [0.4, 0.5) is 0 Å². The van der Waals surface area contributed by atoms with Crippen LogP contribution in [0.3, 0.4) is 0 Å². The molecule has 0 spiro atoms. The van der Waals surface area contributed by atoms with Gasteiger partial charge in [0.05, 0.1) is 12.5 Å². The van der Waals surface area contributed by atoms with Crippen molar-refractivity contribution in [2.24, 2.45) is 0 Å². The Morgan fingerprint density at radius 2 is 1.67 bits per heavy atom. The monoisotopic (exact) mass is 334 g/mol. The highest BCUT2D eigenvalue weighted by Crippen LogP contribution is 2.39.